The Balaban J connectivity index is 2.26. The lowest BCUT2D eigenvalue weighted by atomic mass is 10.1. The summed E-state index contributed by atoms with van der Waals surface area (Å²) in [5.41, 5.74) is 5.91. The highest BCUT2D eigenvalue weighted by Crippen LogP contribution is 2.26. The standard InChI is InChI=1S/C11H13FN4O/c1-7(8-5-3-4-6-9(8)12)16(2)11-15-14-10(13)17-11/h3-7H,1-2H3,(H2,13,14). The van der Waals surface area contributed by atoms with Crippen LogP contribution in [0.15, 0.2) is 28.7 Å². The third-order valence-electron chi connectivity index (χ3n) is 2.67. The highest BCUT2D eigenvalue weighted by molar-refractivity contribution is 5.33. The average Bonchev–Trinajstić information content (AvgIpc) is 2.75. The molecule has 0 radical (unpaired) electrons. The summed E-state index contributed by atoms with van der Waals surface area (Å²) in [4.78, 5) is 1.67. The zero-order valence-electron chi connectivity index (χ0n) is 9.59. The monoisotopic (exact) mass is 236 g/mol. The van der Waals surface area contributed by atoms with Gasteiger partial charge in [-0.05, 0) is 13.0 Å². The Kier molecular flexibility index (Phi) is 2.95. The maximum atomic E-state index is 13.6. The summed E-state index contributed by atoms with van der Waals surface area (Å²) in [7, 11) is 1.74. The first kappa shape index (κ1) is 11.4. The zero-order chi connectivity index (χ0) is 12.4. The minimum atomic E-state index is -0.265. The van der Waals surface area contributed by atoms with E-state index in [1.165, 1.54) is 6.07 Å². The number of nitrogen functional groups attached to an aromatic ring is 1. The number of benzene rings is 1. The number of hydrogen-bond donors (Lipinski definition) is 1. The summed E-state index contributed by atoms with van der Waals surface area (Å²) < 4.78 is 18.7. The predicted octanol–water partition coefficient (Wildman–Crippen LogP) is 1.99. The van der Waals surface area contributed by atoms with E-state index in [2.05, 4.69) is 10.2 Å². The second kappa shape index (κ2) is 4.40. The quantitative estimate of drug-likeness (QED) is 0.882. The molecule has 1 unspecified atom stereocenters. The van der Waals surface area contributed by atoms with Crippen LogP contribution >= 0.6 is 0 Å². The van der Waals surface area contributed by atoms with Gasteiger partial charge in [-0.1, -0.05) is 28.4 Å². The Bertz CT molecular complexity index is 514. The van der Waals surface area contributed by atoms with Crippen LogP contribution in [-0.2, 0) is 0 Å². The van der Waals surface area contributed by atoms with Crippen LogP contribution in [0.2, 0.25) is 0 Å². The second-order valence-electron chi connectivity index (χ2n) is 3.73. The summed E-state index contributed by atoms with van der Waals surface area (Å²) in [5.74, 6) is -0.265. The van der Waals surface area contributed by atoms with Crippen LogP contribution in [0.3, 0.4) is 0 Å². The van der Waals surface area contributed by atoms with Crippen molar-refractivity contribution in [2.24, 2.45) is 0 Å². The molecule has 1 atom stereocenters. The largest absolute Gasteiger partial charge is 0.390 e. The molecule has 0 bridgehead atoms. The molecule has 90 valence electrons. The van der Waals surface area contributed by atoms with E-state index in [1.807, 2.05) is 6.92 Å². The molecule has 1 aromatic carbocycles. The molecule has 0 saturated carbocycles. The maximum Gasteiger partial charge on any atom is 0.319 e. The van der Waals surface area contributed by atoms with Crippen LogP contribution in [0.5, 0.6) is 0 Å². The van der Waals surface area contributed by atoms with E-state index in [4.69, 9.17) is 10.2 Å². The van der Waals surface area contributed by atoms with Gasteiger partial charge in [0.25, 0.3) is 0 Å². The first-order chi connectivity index (χ1) is 8.09. The van der Waals surface area contributed by atoms with E-state index < -0.39 is 0 Å². The summed E-state index contributed by atoms with van der Waals surface area (Å²) in [6.07, 6.45) is 0. The number of rotatable bonds is 3. The Morgan fingerprint density at radius 2 is 2.06 bits per heavy atom. The molecule has 2 aromatic rings. The van der Waals surface area contributed by atoms with E-state index in [9.17, 15) is 4.39 Å². The Hall–Kier alpha value is -2.11. The van der Waals surface area contributed by atoms with Crippen molar-refractivity contribution < 1.29 is 8.81 Å². The molecule has 5 nitrogen and oxygen atoms in total. The van der Waals surface area contributed by atoms with E-state index >= 15 is 0 Å². The van der Waals surface area contributed by atoms with Crippen molar-refractivity contribution in [3.63, 3.8) is 0 Å². The summed E-state index contributed by atoms with van der Waals surface area (Å²) >= 11 is 0. The van der Waals surface area contributed by atoms with Gasteiger partial charge < -0.3 is 15.1 Å². The van der Waals surface area contributed by atoms with E-state index in [-0.39, 0.29) is 23.9 Å². The second-order valence-corrected chi connectivity index (χ2v) is 3.73. The molecule has 0 fully saturated rings. The van der Waals surface area contributed by atoms with Gasteiger partial charge in [-0.3, -0.25) is 0 Å². The van der Waals surface area contributed by atoms with Gasteiger partial charge in [-0.25, -0.2) is 4.39 Å². The van der Waals surface area contributed by atoms with E-state index in [0.717, 1.165) is 0 Å². The Labute approximate surface area is 98.1 Å². The smallest absolute Gasteiger partial charge is 0.319 e. The minimum absolute atomic E-state index is 0.00687. The molecular weight excluding hydrogens is 223 g/mol. The van der Waals surface area contributed by atoms with Gasteiger partial charge in [0.1, 0.15) is 5.82 Å². The van der Waals surface area contributed by atoms with Gasteiger partial charge in [-0.15, -0.1) is 0 Å². The number of nitrogens with two attached hydrogens (primary N) is 1. The van der Waals surface area contributed by atoms with Crippen molar-refractivity contribution in [1.82, 2.24) is 10.2 Å². The highest BCUT2D eigenvalue weighted by Gasteiger charge is 2.19. The minimum Gasteiger partial charge on any atom is -0.390 e. The molecular formula is C11H13FN4O. The van der Waals surface area contributed by atoms with Crippen LogP contribution in [0.4, 0.5) is 16.4 Å². The van der Waals surface area contributed by atoms with Crippen LogP contribution in [0, 0.1) is 5.82 Å². The summed E-state index contributed by atoms with van der Waals surface area (Å²) in [5, 5.41) is 7.32. The molecule has 0 saturated heterocycles. The lowest BCUT2D eigenvalue weighted by molar-refractivity contribution is 0.526. The lowest BCUT2D eigenvalue weighted by Gasteiger charge is -2.23. The van der Waals surface area contributed by atoms with Crippen molar-refractivity contribution in [2.75, 3.05) is 17.7 Å². The topological polar surface area (TPSA) is 68.2 Å². The third kappa shape index (κ3) is 2.20. The van der Waals surface area contributed by atoms with E-state index in [1.54, 1.807) is 30.1 Å². The molecule has 1 heterocycles. The summed E-state index contributed by atoms with van der Waals surface area (Å²) in [6, 6.07) is 6.60. The first-order valence-corrected chi connectivity index (χ1v) is 5.16. The molecule has 0 aliphatic heterocycles. The Morgan fingerprint density at radius 3 is 2.65 bits per heavy atom. The van der Waals surface area contributed by atoms with Crippen LogP contribution in [0.1, 0.15) is 18.5 Å². The molecule has 2 N–H and O–H groups in total. The fraction of sp³-hybridized carbons (Fsp3) is 0.273. The Morgan fingerprint density at radius 1 is 1.35 bits per heavy atom. The van der Waals surface area contributed by atoms with Crippen molar-refractivity contribution in [3.8, 4) is 0 Å². The fourth-order valence-corrected chi connectivity index (χ4v) is 1.56. The molecule has 0 aliphatic carbocycles. The SMILES string of the molecule is CC(c1ccccc1F)N(C)c1nnc(N)o1. The molecule has 1 aromatic heterocycles. The maximum absolute atomic E-state index is 13.6. The number of aromatic nitrogens is 2. The molecule has 6 heteroatoms. The number of halogens is 1. The number of nitrogens with zero attached hydrogens (tertiary/aromatic N) is 3. The number of hydrogen-bond acceptors (Lipinski definition) is 5. The van der Waals surface area contributed by atoms with E-state index in [0.29, 0.717) is 5.56 Å². The lowest BCUT2D eigenvalue weighted by Crippen LogP contribution is -2.22. The predicted molar refractivity (Wildman–Crippen MR) is 61.9 cm³/mol. The molecule has 0 aliphatic rings. The average molecular weight is 236 g/mol. The highest BCUT2D eigenvalue weighted by atomic mass is 19.1. The van der Waals surface area contributed by atoms with Gasteiger partial charge in [0.05, 0.1) is 6.04 Å². The van der Waals surface area contributed by atoms with Crippen molar-refractivity contribution >= 4 is 12.0 Å². The molecule has 17 heavy (non-hydrogen) atoms. The zero-order valence-corrected chi connectivity index (χ0v) is 9.59. The van der Waals surface area contributed by atoms with Gasteiger partial charge in [0.15, 0.2) is 0 Å². The van der Waals surface area contributed by atoms with Crippen LogP contribution < -0.4 is 10.6 Å². The first-order valence-electron chi connectivity index (χ1n) is 5.16. The van der Waals surface area contributed by atoms with Crippen molar-refractivity contribution in [3.05, 3.63) is 35.6 Å². The summed E-state index contributed by atoms with van der Waals surface area (Å²) in [6.45, 7) is 1.85. The fourth-order valence-electron chi connectivity index (χ4n) is 1.56. The third-order valence-corrected chi connectivity index (χ3v) is 2.67. The number of anilines is 2. The van der Waals surface area contributed by atoms with Gasteiger partial charge in [0.2, 0.25) is 0 Å². The molecule has 0 amide bonds. The van der Waals surface area contributed by atoms with Crippen molar-refractivity contribution in [1.29, 1.82) is 0 Å². The van der Waals surface area contributed by atoms with Crippen LogP contribution in [0.25, 0.3) is 0 Å². The normalized spacial score (nSPS) is 12.4. The molecule has 2 rings (SSSR count). The van der Waals surface area contributed by atoms with Crippen LogP contribution in [-0.4, -0.2) is 17.2 Å². The van der Waals surface area contributed by atoms with Crippen molar-refractivity contribution in [2.45, 2.75) is 13.0 Å². The van der Waals surface area contributed by atoms with Gasteiger partial charge in [0, 0.05) is 12.6 Å². The van der Waals surface area contributed by atoms with Gasteiger partial charge in [-0.2, -0.15) is 0 Å². The van der Waals surface area contributed by atoms with Gasteiger partial charge >= 0.3 is 12.0 Å². The molecule has 0 spiro atoms.